The maximum Gasteiger partial charge on any atom is 0.226 e. The van der Waals surface area contributed by atoms with Crippen LogP contribution in [0.15, 0.2) is 0 Å². The third-order valence-electron chi connectivity index (χ3n) is 4.20. The molecular weight excluding hydrogens is 212 g/mol. The van der Waals surface area contributed by atoms with Crippen LogP contribution in [0.1, 0.15) is 46.0 Å². The third-order valence-corrected chi connectivity index (χ3v) is 4.20. The standard InChI is InChI=1S/C14H26N2O/c1-12(2)16-10-6-7-13(11-16)14(17)15-8-4-3-5-9-15/h12-13H,3-11H2,1-2H3/t13-/m0/s1. The molecule has 0 radical (unpaired) electrons. The molecule has 2 rings (SSSR count). The Morgan fingerprint density at radius 3 is 2.41 bits per heavy atom. The summed E-state index contributed by atoms with van der Waals surface area (Å²) in [6.45, 7) is 8.60. The molecule has 3 heteroatoms. The number of likely N-dealkylation sites (tertiary alicyclic amines) is 2. The maximum absolute atomic E-state index is 12.4. The Balaban J connectivity index is 1.89. The molecule has 0 aromatic heterocycles. The van der Waals surface area contributed by atoms with Crippen LogP contribution in [0.25, 0.3) is 0 Å². The van der Waals surface area contributed by atoms with Crippen LogP contribution in [0.4, 0.5) is 0 Å². The SMILES string of the molecule is CC(C)N1CCC[C@H](C(=O)N2CCCCC2)C1. The third kappa shape index (κ3) is 3.21. The van der Waals surface area contributed by atoms with Gasteiger partial charge in [-0.1, -0.05) is 0 Å². The van der Waals surface area contributed by atoms with E-state index in [4.69, 9.17) is 0 Å². The lowest BCUT2D eigenvalue weighted by Crippen LogP contribution is -2.48. The predicted molar refractivity (Wildman–Crippen MR) is 69.9 cm³/mol. The second kappa shape index (κ2) is 5.85. The fourth-order valence-corrected chi connectivity index (χ4v) is 3.05. The molecule has 0 aromatic rings. The molecule has 1 atom stereocenters. The molecule has 2 saturated heterocycles. The Morgan fingerprint density at radius 2 is 1.76 bits per heavy atom. The Hall–Kier alpha value is -0.570. The van der Waals surface area contributed by atoms with Crippen LogP contribution in [-0.2, 0) is 4.79 Å². The van der Waals surface area contributed by atoms with Gasteiger partial charge < -0.3 is 9.80 Å². The molecular formula is C14H26N2O. The highest BCUT2D eigenvalue weighted by atomic mass is 16.2. The fourth-order valence-electron chi connectivity index (χ4n) is 3.05. The lowest BCUT2D eigenvalue weighted by atomic mass is 9.94. The number of rotatable bonds is 2. The van der Waals surface area contributed by atoms with E-state index in [-0.39, 0.29) is 5.92 Å². The summed E-state index contributed by atoms with van der Waals surface area (Å²) in [6.07, 6.45) is 5.98. The van der Waals surface area contributed by atoms with Crippen molar-refractivity contribution < 1.29 is 4.79 Å². The van der Waals surface area contributed by atoms with Crippen LogP contribution >= 0.6 is 0 Å². The minimum Gasteiger partial charge on any atom is -0.342 e. The number of nitrogens with zero attached hydrogens (tertiary/aromatic N) is 2. The van der Waals surface area contributed by atoms with Crippen molar-refractivity contribution in [3.63, 3.8) is 0 Å². The van der Waals surface area contributed by atoms with Crippen LogP contribution in [-0.4, -0.2) is 47.9 Å². The maximum atomic E-state index is 12.4. The van der Waals surface area contributed by atoms with E-state index in [1.807, 2.05) is 0 Å². The summed E-state index contributed by atoms with van der Waals surface area (Å²) in [4.78, 5) is 17.0. The molecule has 0 unspecified atom stereocenters. The van der Waals surface area contributed by atoms with E-state index in [2.05, 4.69) is 23.6 Å². The van der Waals surface area contributed by atoms with E-state index in [0.717, 1.165) is 26.1 Å². The highest BCUT2D eigenvalue weighted by molar-refractivity contribution is 5.79. The van der Waals surface area contributed by atoms with Gasteiger partial charge in [0.25, 0.3) is 0 Å². The Kier molecular flexibility index (Phi) is 4.43. The summed E-state index contributed by atoms with van der Waals surface area (Å²) < 4.78 is 0. The molecule has 3 nitrogen and oxygen atoms in total. The first kappa shape index (κ1) is 12.9. The summed E-state index contributed by atoms with van der Waals surface area (Å²) >= 11 is 0. The summed E-state index contributed by atoms with van der Waals surface area (Å²) in [6, 6.07) is 0.576. The van der Waals surface area contributed by atoms with Crippen LogP contribution in [0.2, 0.25) is 0 Å². The zero-order valence-electron chi connectivity index (χ0n) is 11.3. The molecule has 0 aromatic carbocycles. The molecule has 2 aliphatic heterocycles. The van der Waals surface area contributed by atoms with Crippen LogP contribution < -0.4 is 0 Å². The minimum absolute atomic E-state index is 0.268. The molecule has 0 aliphatic carbocycles. The normalized spacial score (nSPS) is 27.5. The van der Waals surface area contributed by atoms with Gasteiger partial charge in [0.05, 0.1) is 5.92 Å². The lowest BCUT2D eigenvalue weighted by Gasteiger charge is -2.37. The number of piperidine rings is 2. The van der Waals surface area contributed by atoms with E-state index in [1.54, 1.807) is 0 Å². The molecule has 0 spiro atoms. The molecule has 98 valence electrons. The lowest BCUT2D eigenvalue weighted by molar-refractivity contribution is -0.138. The van der Waals surface area contributed by atoms with Crippen LogP contribution in [0.3, 0.4) is 0 Å². The summed E-state index contributed by atoms with van der Waals surface area (Å²) in [5.41, 5.74) is 0. The molecule has 0 bridgehead atoms. The second-order valence-corrected chi connectivity index (χ2v) is 5.81. The number of carbonyl (C=O) groups is 1. The highest BCUT2D eigenvalue weighted by Crippen LogP contribution is 2.22. The van der Waals surface area contributed by atoms with Gasteiger partial charge in [-0.15, -0.1) is 0 Å². The van der Waals surface area contributed by atoms with Crippen molar-refractivity contribution in [1.82, 2.24) is 9.80 Å². The average molecular weight is 238 g/mol. The van der Waals surface area contributed by atoms with Crippen LogP contribution in [0.5, 0.6) is 0 Å². The largest absolute Gasteiger partial charge is 0.342 e. The van der Waals surface area contributed by atoms with E-state index in [9.17, 15) is 4.79 Å². The quantitative estimate of drug-likeness (QED) is 0.735. The van der Waals surface area contributed by atoms with Crippen molar-refractivity contribution in [3.8, 4) is 0 Å². The summed E-state index contributed by atoms with van der Waals surface area (Å²) in [5, 5.41) is 0. The highest BCUT2D eigenvalue weighted by Gasteiger charge is 2.30. The number of amides is 1. The Labute approximate surface area is 105 Å². The monoisotopic (exact) mass is 238 g/mol. The molecule has 0 saturated carbocycles. The smallest absolute Gasteiger partial charge is 0.226 e. The first-order chi connectivity index (χ1) is 8.18. The molecule has 1 amide bonds. The van der Waals surface area contributed by atoms with Gasteiger partial charge in [-0.05, 0) is 52.5 Å². The van der Waals surface area contributed by atoms with E-state index in [0.29, 0.717) is 11.9 Å². The number of hydrogen-bond acceptors (Lipinski definition) is 2. The molecule has 2 aliphatic rings. The van der Waals surface area contributed by atoms with Gasteiger partial charge in [0.1, 0.15) is 0 Å². The van der Waals surface area contributed by atoms with Crippen molar-refractivity contribution >= 4 is 5.91 Å². The van der Waals surface area contributed by atoms with Gasteiger partial charge in [0, 0.05) is 25.7 Å². The minimum atomic E-state index is 0.268. The average Bonchev–Trinajstić information content (AvgIpc) is 2.39. The fraction of sp³-hybridized carbons (Fsp3) is 0.929. The topological polar surface area (TPSA) is 23.6 Å². The van der Waals surface area contributed by atoms with Gasteiger partial charge in [0.2, 0.25) is 5.91 Å². The van der Waals surface area contributed by atoms with Gasteiger partial charge in [0.15, 0.2) is 0 Å². The first-order valence-corrected chi connectivity index (χ1v) is 7.21. The van der Waals surface area contributed by atoms with Gasteiger partial charge in [-0.2, -0.15) is 0 Å². The van der Waals surface area contributed by atoms with Crippen molar-refractivity contribution in [2.24, 2.45) is 5.92 Å². The number of hydrogen-bond donors (Lipinski definition) is 0. The van der Waals surface area contributed by atoms with Crippen molar-refractivity contribution in [2.45, 2.75) is 52.0 Å². The van der Waals surface area contributed by atoms with Crippen LogP contribution in [0, 0.1) is 5.92 Å². The van der Waals surface area contributed by atoms with Crippen molar-refractivity contribution in [1.29, 1.82) is 0 Å². The molecule has 17 heavy (non-hydrogen) atoms. The van der Waals surface area contributed by atoms with Crippen molar-refractivity contribution in [2.75, 3.05) is 26.2 Å². The van der Waals surface area contributed by atoms with Gasteiger partial charge in [-0.25, -0.2) is 0 Å². The van der Waals surface area contributed by atoms with E-state index < -0.39 is 0 Å². The summed E-state index contributed by atoms with van der Waals surface area (Å²) in [5.74, 6) is 0.694. The van der Waals surface area contributed by atoms with Gasteiger partial charge >= 0.3 is 0 Å². The predicted octanol–water partition coefficient (Wildman–Crippen LogP) is 2.12. The zero-order chi connectivity index (χ0) is 12.3. The molecule has 2 fully saturated rings. The first-order valence-electron chi connectivity index (χ1n) is 7.21. The Bertz CT molecular complexity index is 259. The summed E-state index contributed by atoms with van der Waals surface area (Å²) in [7, 11) is 0. The van der Waals surface area contributed by atoms with Gasteiger partial charge in [-0.3, -0.25) is 4.79 Å². The second-order valence-electron chi connectivity index (χ2n) is 5.81. The Morgan fingerprint density at radius 1 is 1.06 bits per heavy atom. The zero-order valence-corrected chi connectivity index (χ0v) is 11.3. The number of carbonyl (C=O) groups excluding carboxylic acids is 1. The van der Waals surface area contributed by atoms with Crippen molar-refractivity contribution in [3.05, 3.63) is 0 Å². The van der Waals surface area contributed by atoms with E-state index in [1.165, 1.54) is 32.2 Å². The van der Waals surface area contributed by atoms with E-state index >= 15 is 0 Å². The molecule has 0 N–H and O–H groups in total. The molecule has 2 heterocycles.